The molecule has 118 valence electrons. The maximum absolute atomic E-state index is 6.15. The van der Waals surface area contributed by atoms with Crippen LogP contribution in [0, 0.1) is 5.92 Å². The van der Waals surface area contributed by atoms with Gasteiger partial charge in [-0.1, -0.05) is 56.5 Å². The minimum Gasteiger partial charge on any atom is -0.311 e. The van der Waals surface area contributed by atoms with Gasteiger partial charge in [0.05, 0.1) is 10.0 Å². The van der Waals surface area contributed by atoms with E-state index in [0.29, 0.717) is 28.0 Å². The van der Waals surface area contributed by atoms with Crippen molar-refractivity contribution in [1.82, 2.24) is 10.2 Å². The number of rotatable bonds is 5. The molecule has 1 N–H and O–H groups in total. The number of halogens is 2. The Labute approximate surface area is 138 Å². The molecule has 1 aliphatic rings. The van der Waals surface area contributed by atoms with Crippen LogP contribution in [0.2, 0.25) is 10.0 Å². The van der Waals surface area contributed by atoms with Gasteiger partial charge in [-0.2, -0.15) is 0 Å². The van der Waals surface area contributed by atoms with Crippen LogP contribution in [-0.4, -0.2) is 30.1 Å². The van der Waals surface area contributed by atoms with Gasteiger partial charge in [0.15, 0.2) is 0 Å². The summed E-state index contributed by atoms with van der Waals surface area (Å²) in [5.41, 5.74) is 1.25. The molecule has 1 fully saturated rings. The molecule has 0 saturated carbocycles. The largest absolute Gasteiger partial charge is 0.311 e. The highest BCUT2D eigenvalue weighted by Crippen LogP contribution is 2.25. The smallest absolute Gasteiger partial charge is 0.0595 e. The number of nitrogens with zero attached hydrogens (tertiary/aromatic N) is 1. The molecule has 21 heavy (non-hydrogen) atoms. The van der Waals surface area contributed by atoms with Crippen LogP contribution in [0.5, 0.6) is 0 Å². The molecule has 0 radical (unpaired) electrons. The first-order chi connectivity index (χ1) is 10.0. The summed E-state index contributed by atoms with van der Waals surface area (Å²) >= 11 is 12.2. The zero-order valence-corrected chi connectivity index (χ0v) is 14.7. The van der Waals surface area contributed by atoms with Crippen molar-refractivity contribution in [3.8, 4) is 0 Å². The molecular formula is C17H26Cl2N2. The highest BCUT2D eigenvalue weighted by Gasteiger charge is 2.28. The van der Waals surface area contributed by atoms with Crippen LogP contribution in [0.25, 0.3) is 0 Å². The van der Waals surface area contributed by atoms with E-state index in [2.05, 4.69) is 37.1 Å². The van der Waals surface area contributed by atoms with Crippen molar-refractivity contribution in [3.05, 3.63) is 33.8 Å². The number of hydrogen-bond donors (Lipinski definition) is 1. The van der Waals surface area contributed by atoms with Gasteiger partial charge in [0.2, 0.25) is 0 Å². The van der Waals surface area contributed by atoms with Crippen molar-refractivity contribution in [2.24, 2.45) is 5.92 Å². The van der Waals surface area contributed by atoms with Gasteiger partial charge < -0.3 is 5.32 Å². The molecule has 0 amide bonds. The van der Waals surface area contributed by atoms with Crippen LogP contribution in [0.1, 0.15) is 39.2 Å². The van der Waals surface area contributed by atoms with E-state index in [4.69, 9.17) is 23.2 Å². The minimum atomic E-state index is 0.570. The van der Waals surface area contributed by atoms with Crippen molar-refractivity contribution in [2.45, 2.75) is 52.2 Å². The molecule has 1 aromatic rings. The highest BCUT2D eigenvalue weighted by atomic mass is 35.5. The molecule has 1 saturated heterocycles. The number of hydrogen-bond acceptors (Lipinski definition) is 2. The molecule has 0 spiro atoms. The molecule has 0 aliphatic carbocycles. The molecule has 2 rings (SSSR count). The van der Waals surface area contributed by atoms with E-state index in [-0.39, 0.29) is 0 Å². The Morgan fingerprint density at radius 3 is 2.67 bits per heavy atom. The Balaban J connectivity index is 2.09. The van der Waals surface area contributed by atoms with E-state index in [9.17, 15) is 0 Å². The minimum absolute atomic E-state index is 0.570. The zero-order valence-electron chi connectivity index (χ0n) is 13.2. The van der Waals surface area contributed by atoms with E-state index in [1.807, 2.05) is 12.1 Å². The first-order valence-corrected chi connectivity index (χ1v) is 8.68. The van der Waals surface area contributed by atoms with Gasteiger partial charge in [0.1, 0.15) is 0 Å². The van der Waals surface area contributed by atoms with Gasteiger partial charge in [0.25, 0.3) is 0 Å². The molecule has 4 heteroatoms. The van der Waals surface area contributed by atoms with E-state index in [1.165, 1.54) is 18.4 Å². The number of benzene rings is 1. The third kappa shape index (κ3) is 4.59. The third-order valence-electron chi connectivity index (χ3n) is 4.36. The maximum atomic E-state index is 6.15. The summed E-state index contributed by atoms with van der Waals surface area (Å²) in [4.78, 5) is 2.60. The monoisotopic (exact) mass is 328 g/mol. The molecule has 2 nitrogen and oxygen atoms in total. The van der Waals surface area contributed by atoms with Crippen molar-refractivity contribution < 1.29 is 0 Å². The summed E-state index contributed by atoms with van der Waals surface area (Å²) in [6, 6.07) is 7.17. The predicted octanol–water partition coefficient (Wildman–Crippen LogP) is 4.59. The maximum Gasteiger partial charge on any atom is 0.0595 e. The molecule has 1 aliphatic heterocycles. The summed E-state index contributed by atoms with van der Waals surface area (Å²) in [5.74, 6) is 0.656. The average molecular weight is 329 g/mol. The quantitative estimate of drug-likeness (QED) is 0.850. The Hall–Kier alpha value is -0.280. The fourth-order valence-corrected chi connectivity index (χ4v) is 3.33. The molecule has 0 bridgehead atoms. The second-order valence-corrected chi connectivity index (χ2v) is 7.19. The lowest BCUT2D eigenvalue weighted by Gasteiger charge is -2.42. The van der Waals surface area contributed by atoms with Crippen LogP contribution < -0.4 is 5.32 Å². The molecule has 1 aromatic carbocycles. The second kappa shape index (κ2) is 7.82. The van der Waals surface area contributed by atoms with Gasteiger partial charge in [-0.25, -0.2) is 0 Å². The van der Waals surface area contributed by atoms with E-state index in [1.54, 1.807) is 0 Å². The summed E-state index contributed by atoms with van der Waals surface area (Å²) < 4.78 is 0. The molecular weight excluding hydrogens is 303 g/mol. The summed E-state index contributed by atoms with van der Waals surface area (Å²) in [7, 11) is 0. The lowest BCUT2D eigenvalue weighted by Crippen LogP contribution is -2.57. The fourth-order valence-electron chi connectivity index (χ4n) is 3.01. The summed E-state index contributed by atoms with van der Waals surface area (Å²) in [6.07, 6.45) is 2.45. The van der Waals surface area contributed by atoms with Crippen LogP contribution in [0.4, 0.5) is 0 Å². The fraction of sp³-hybridized carbons (Fsp3) is 0.647. The van der Waals surface area contributed by atoms with E-state index < -0.39 is 0 Å². The Bertz CT molecular complexity index is 462. The van der Waals surface area contributed by atoms with Crippen LogP contribution >= 0.6 is 23.2 Å². The molecule has 1 heterocycles. The second-order valence-electron chi connectivity index (χ2n) is 6.38. The van der Waals surface area contributed by atoms with Gasteiger partial charge in [-0.3, -0.25) is 4.90 Å². The van der Waals surface area contributed by atoms with Crippen LogP contribution in [0.15, 0.2) is 18.2 Å². The first kappa shape index (κ1) is 17.1. The Kier molecular flexibility index (Phi) is 6.36. The van der Waals surface area contributed by atoms with Crippen molar-refractivity contribution in [1.29, 1.82) is 0 Å². The first-order valence-electron chi connectivity index (χ1n) is 7.92. The Morgan fingerprint density at radius 1 is 1.29 bits per heavy atom. The zero-order chi connectivity index (χ0) is 15.4. The van der Waals surface area contributed by atoms with Crippen LogP contribution in [-0.2, 0) is 6.54 Å². The third-order valence-corrected chi connectivity index (χ3v) is 5.10. The standard InChI is InChI=1S/C17H26Cl2N2/c1-4-5-14-9-20-17(12(2)3)11-21(14)10-13-6-7-15(18)16(19)8-13/h6-8,12,14,17,20H,4-5,9-11H2,1-3H3. The molecule has 0 aromatic heterocycles. The van der Waals surface area contributed by atoms with Crippen LogP contribution in [0.3, 0.4) is 0 Å². The Morgan fingerprint density at radius 2 is 2.05 bits per heavy atom. The van der Waals surface area contributed by atoms with Gasteiger partial charge >= 0.3 is 0 Å². The highest BCUT2D eigenvalue weighted by molar-refractivity contribution is 6.42. The lowest BCUT2D eigenvalue weighted by atomic mass is 9.97. The number of nitrogens with one attached hydrogen (secondary N) is 1. The predicted molar refractivity (Wildman–Crippen MR) is 92.2 cm³/mol. The van der Waals surface area contributed by atoms with Crippen molar-refractivity contribution in [3.63, 3.8) is 0 Å². The normalized spacial score (nSPS) is 23.7. The van der Waals surface area contributed by atoms with Gasteiger partial charge in [-0.15, -0.1) is 0 Å². The topological polar surface area (TPSA) is 15.3 Å². The van der Waals surface area contributed by atoms with Gasteiger partial charge in [-0.05, 0) is 30.0 Å². The summed E-state index contributed by atoms with van der Waals surface area (Å²) in [6.45, 7) is 9.96. The summed E-state index contributed by atoms with van der Waals surface area (Å²) in [5, 5.41) is 4.98. The SMILES string of the molecule is CCCC1CNC(C(C)C)CN1Cc1ccc(Cl)c(Cl)c1. The lowest BCUT2D eigenvalue weighted by molar-refractivity contribution is 0.0997. The molecule has 2 unspecified atom stereocenters. The van der Waals surface area contributed by atoms with E-state index >= 15 is 0 Å². The molecule has 2 atom stereocenters. The number of piperazine rings is 1. The van der Waals surface area contributed by atoms with Crippen molar-refractivity contribution in [2.75, 3.05) is 13.1 Å². The van der Waals surface area contributed by atoms with Gasteiger partial charge in [0, 0.05) is 31.7 Å². The van der Waals surface area contributed by atoms with E-state index in [0.717, 1.165) is 19.6 Å². The van der Waals surface area contributed by atoms with Crippen molar-refractivity contribution >= 4 is 23.2 Å². The average Bonchev–Trinajstić information content (AvgIpc) is 2.45.